The zero-order valence-corrected chi connectivity index (χ0v) is 13.8. The zero-order chi connectivity index (χ0) is 14.0. The van der Waals surface area contributed by atoms with Gasteiger partial charge in [-0.3, -0.25) is 0 Å². The first kappa shape index (κ1) is 18.8. The molecule has 0 saturated carbocycles. The van der Waals surface area contributed by atoms with Gasteiger partial charge in [0.25, 0.3) is 0 Å². The van der Waals surface area contributed by atoms with Crippen molar-refractivity contribution in [2.24, 2.45) is 0 Å². The van der Waals surface area contributed by atoms with Crippen LogP contribution in [0.3, 0.4) is 0 Å². The van der Waals surface area contributed by atoms with Crippen molar-refractivity contribution in [1.29, 1.82) is 0 Å². The van der Waals surface area contributed by atoms with Crippen LogP contribution in [0, 0.1) is 0 Å². The highest BCUT2D eigenvalue weighted by atomic mass is 32.1. The van der Waals surface area contributed by atoms with Crippen LogP contribution in [0.15, 0.2) is 24.3 Å². The predicted octanol–water partition coefficient (Wildman–Crippen LogP) is 6.73. The van der Waals surface area contributed by atoms with Crippen molar-refractivity contribution in [3.63, 3.8) is 0 Å². The highest BCUT2D eigenvalue weighted by Gasteiger charge is 1.89. The standard InChI is InChI=1S/C18H34S/c1-2-3-4-5-6-7-8-9-10-11-12-13-14-15-16-17-18-19/h6-7,9-10,19H,2-5,8,11-18H2,1H3/b7-6+,10-9+. The van der Waals surface area contributed by atoms with E-state index in [2.05, 4.69) is 43.9 Å². The van der Waals surface area contributed by atoms with Crippen molar-refractivity contribution in [2.75, 3.05) is 5.75 Å². The van der Waals surface area contributed by atoms with Crippen molar-refractivity contribution in [2.45, 2.75) is 84.0 Å². The Morgan fingerprint density at radius 3 is 1.74 bits per heavy atom. The van der Waals surface area contributed by atoms with E-state index in [0.717, 1.165) is 12.2 Å². The van der Waals surface area contributed by atoms with Gasteiger partial charge >= 0.3 is 0 Å². The number of allylic oxidation sites excluding steroid dienone is 4. The molecule has 0 aliphatic heterocycles. The molecule has 0 spiro atoms. The third kappa shape index (κ3) is 17.8. The monoisotopic (exact) mass is 282 g/mol. The van der Waals surface area contributed by atoms with E-state index in [9.17, 15) is 0 Å². The van der Waals surface area contributed by atoms with E-state index in [0.29, 0.717) is 0 Å². The van der Waals surface area contributed by atoms with Gasteiger partial charge in [0.2, 0.25) is 0 Å². The molecular formula is C18H34S. The van der Waals surface area contributed by atoms with Crippen LogP contribution in [0.5, 0.6) is 0 Å². The number of hydrogen-bond donors (Lipinski definition) is 1. The summed E-state index contributed by atoms with van der Waals surface area (Å²) in [5, 5.41) is 0. The molecule has 0 aliphatic carbocycles. The quantitative estimate of drug-likeness (QED) is 0.204. The minimum absolute atomic E-state index is 1.05. The van der Waals surface area contributed by atoms with Crippen molar-refractivity contribution in [3.05, 3.63) is 24.3 Å². The van der Waals surface area contributed by atoms with Crippen LogP contribution < -0.4 is 0 Å². The molecule has 0 atom stereocenters. The molecule has 0 fully saturated rings. The minimum atomic E-state index is 1.05. The first-order valence-corrected chi connectivity index (χ1v) is 8.96. The van der Waals surface area contributed by atoms with E-state index < -0.39 is 0 Å². The SMILES string of the molecule is CCCCC/C=C/C/C=C/CCCCCCCCS. The van der Waals surface area contributed by atoms with Crippen LogP contribution in [-0.4, -0.2) is 5.75 Å². The van der Waals surface area contributed by atoms with Crippen LogP contribution in [0.1, 0.15) is 84.0 Å². The van der Waals surface area contributed by atoms with Gasteiger partial charge in [-0.1, -0.05) is 69.8 Å². The largest absolute Gasteiger partial charge is 0.179 e. The summed E-state index contributed by atoms with van der Waals surface area (Å²) in [6.07, 6.45) is 25.2. The molecule has 0 bridgehead atoms. The lowest BCUT2D eigenvalue weighted by Crippen LogP contribution is -1.80. The van der Waals surface area contributed by atoms with Crippen molar-refractivity contribution in [1.82, 2.24) is 0 Å². The predicted molar refractivity (Wildman–Crippen MR) is 93.2 cm³/mol. The van der Waals surface area contributed by atoms with Gasteiger partial charge in [-0.25, -0.2) is 0 Å². The highest BCUT2D eigenvalue weighted by molar-refractivity contribution is 7.80. The molecule has 112 valence electrons. The van der Waals surface area contributed by atoms with Gasteiger partial charge in [0, 0.05) is 0 Å². The van der Waals surface area contributed by atoms with E-state index in [1.165, 1.54) is 70.6 Å². The van der Waals surface area contributed by atoms with Crippen LogP contribution in [-0.2, 0) is 0 Å². The lowest BCUT2D eigenvalue weighted by molar-refractivity contribution is 0.613. The molecule has 1 heteroatoms. The van der Waals surface area contributed by atoms with Gasteiger partial charge in [-0.2, -0.15) is 12.6 Å². The van der Waals surface area contributed by atoms with Crippen LogP contribution in [0.2, 0.25) is 0 Å². The molecule has 0 amide bonds. The molecule has 0 aromatic heterocycles. The van der Waals surface area contributed by atoms with Crippen LogP contribution in [0.25, 0.3) is 0 Å². The van der Waals surface area contributed by atoms with Crippen molar-refractivity contribution in [3.8, 4) is 0 Å². The summed E-state index contributed by atoms with van der Waals surface area (Å²) < 4.78 is 0. The zero-order valence-electron chi connectivity index (χ0n) is 12.9. The second kappa shape index (κ2) is 17.8. The number of thiol groups is 1. The summed E-state index contributed by atoms with van der Waals surface area (Å²) in [5.41, 5.74) is 0. The Morgan fingerprint density at radius 2 is 1.16 bits per heavy atom. The van der Waals surface area contributed by atoms with E-state index in [4.69, 9.17) is 0 Å². The van der Waals surface area contributed by atoms with Gasteiger partial charge in [-0.15, -0.1) is 0 Å². The Morgan fingerprint density at radius 1 is 0.632 bits per heavy atom. The average molecular weight is 283 g/mol. The van der Waals surface area contributed by atoms with Crippen LogP contribution in [0.4, 0.5) is 0 Å². The van der Waals surface area contributed by atoms with E-state index in [1.54, 1.807) is 0 Å². The molecule has 0 heterocycles. The van der Waals surface area contributed by atoms with Crippen molar-refractivity contribution >= 4 is 12.6 Å². The molecule has 0 nitrogen and oxygen atoms in total. The molecule has 0 saturated heterocycles. The molecule has 0 aromatic carbocycles. The second-order valence-corrected chi connectivity index (χ2v) is 5.76. The van der Waals surface area contributed by atoms with E-state index in [-0.39, 0.29) is 0 Å². The van der Waals surface area contributed by atoms with Gasteiger partial charge in [-0.05, 0) is 44.3 Å². The smallest absolute Gasteiger partial charge is 0.00979 e. The molecule has 0 aromatic rings. The third-order valence-corrected chi connectivity index (χ3v) is 3.67. The molecule has 0 N–H and O–H groups in total. The Balaban J connectivity index is 3.12. The fourth-order valence-electron chi connectivity index (χ4n) is 2.10. The van der Waals surface area contributed by atoms with Gasteiger partial charge in [0.1, 0.15) is 0 Å². The van der Waals surface area contributed by atoms with E-state index in [1.807, 2.05) is 0 Å². The second-order valence-electron chi connectivity index (χ2n) is 5.31. The minimum Gasteiger partial charge on any atom is -0.179 e. The molecule has 19 heavy (non-hydrogen) atoms. The maximum atomic E-state index is 4.23. The summed E-state index contributed by atoms with van der Waals surface area (Å²) in [6, 6.07) is 0. The molecule has 0 radical (unpaired) electrons. The fraction of sp³-hybridized carbons (Fsp3) is 0.778. The highest BCUT2D eigenvalue weighted by Crippen LogP contribution is 2.08. The maximum Gasteiger partial charge on any atom is -0.00979 e. The summed E-state index contributed by atoms with van der Waals surface area (Å²) >= 11 is 4.23. The van der Waals surface area contributed by atoms with Crippen LogP contribution >= 0.6 is 12.6 Å². The average Bonchev–Trinajstić information content (AvgIpc) is 2.43. The Bertz CT molecular complexity index is 206. The van der Waals surface area contributed by atoms with Gasteiger partial charge in [0.15, 0.2) is 0 Å². The van der Waals surface area contributed by atoms with E-state index >= 15 is 0 Å². The Hall–Kier alpha value is -0.170. The Kier molecular flexibility index (Phi) is 17.7. The van der Waals surface area contributed by atoms with Crippen molar-refractivity contribution < 1.29 is 0 Å². The first-order chi connectivity index (χ1) is 9.41. The topological polar surface area (TPSA) is 0 Å². The van der Waals surface area contributed by atoms with Gasteiger partial charge in [0.05, 0.1) is 0 Å². The number of rotatable bonds is 14. The third-order valence-electron chi connectivity index (χ3n) is 3.36. The van der Waals surface area contributed by atoms with Gasteiger partial charge < -0.3 is 0 Å². The summed E-state index contributed by atoms with van der Waals surface area (Å²) in [5.74, 6) is 1.05. The maximum absolute atomic E-state index is 4.23. The number of unbranched alkanes of at least 4 members (excludes halogenated alkanes) is 9. The summed E-state index contributed by atoms with van der Waals surface area (Å²) in [4.78, 5) is 0. The lowest BCUT2D eigenvalue weighted by Gasteiger charge is -1.98. The Labute approximate surface area is 127 Å². The molecule has 0 rings (SSSR count). The fourth-order valence-corrected chi connectivity index (χ4v) is 2.32. The summed E-state index contributed by atoms with van der Waals surface area (Å²) in [6.45, 7) is 2.26. The number of hydrogen-bond acceptors (Lipinski definition) is 1. The molecule has 0 unspecified atom stereocenters. The lowest BCUT2D eigenvalue weighted by atomic mass is 10.1. The summed E-state index contributed by atoms with van der Waals surface area (Å²) in [7, 11) is 0. The first-order valence-electron chi connectivity index (χ1n) is 8.32. The normalized spacial score (nSPS) is 11.9. The molecule has 0 aliphatic rings. The molecular weight excluding hydrogens is 248 g/mol.